The van der Waals surface area contributed by atoms with Gasteiger partial charge in [-0.05, 0) is 43.7 Å². The van der Waals surface area contributed by atoms with Crippen molar-refractivity contribution >= 4 is 11.9 Å². The quantitative estimate of drug-likeness (QED) is 0.860. The molecule has 1 aliphatic heterocycles. The lowest BCUT2D eigenvalue weighted by Crippen LogP contribution is -2.39. The number of hydrogen-bond acceptors (Lipinski definition) is 5. The number of pyridine rings is 1. The first-order chi connectivity index (χ1) is 9.72. The van der Waals surface area contributed by atoms with Crippen LogP contribution in [0.1, 0.15) is 25.7 Å². The highest BCUT2D eigenvalue weighted by Crippen LogP contribution is 2.40. The van der Waals surface area contributed by atoms with E-state index in [4.69, 9.17) is 10.3 Å². The van der Waals surface area contributed by atoms with Crippen molar-refractivity contribution in [1.82, 2.24) is 4.98 Å². The highest BCUT2D eigenvalue weighted by atomic mass is 16.6. The van der Waals surface area contributed by atoms with Gasteiger partial charge in [-0.2, -0.15) is 5.11 Å². The number of anilines is 1. The maximum Gasteiger partial charge on any atom is 0.416 e. The maximum atomic E-state index is 12.1. The maximum absolute atomic E-state index is 12.1. The van der Waals surface area contributed by atoms with E-state index >= 15 is 0 Å². The minimum absolute atomic E-state index is 0.299. The second-order valence-electron chi connectivity index (χ2n) is 5.61. The number of ether oxygens (including phenoxy) is 1. The molecule has 0 aromatic carbocycles. The SMILES string of the molecule is N=NCC1CCC2(CC1)CN(c1ccccn1)C(=O)O2. The lowest BCUT2D eigenvalue weighted by atomic mass is 9.79. The van der Waals surface area contributed by atoms with Crippen molar-refractivity contribution in [3.8, 4) is 0 Å². The van der Waals surface area contributed by atoms with E-state index in [0.29, 0.717) is 24.8 Å². The van der Waals surface area contributed by atoms with Crippen LogP contribution in [0.5, 0.6) is 0 Å². The molecule has 1 amide bonds. The molecule has 1 saturated carbocycles. The molecule has 2 fully saturated rings. The predicted octanol–water partition coefficient (Wildman–Crippen LogP) is 3.00. The smallest absolute Gasteiger partial charge is 0.416 e. The molecule has 1 aromatic rings. The fourth-order valence-corrected chi connectivity index (χ4v) is 3.09. The van der Waals surface area contributed by atoms with Gasteiger partial charge < -0.3 is 4.74 Å². The van der Waals surface area contributed by atoms with Gasteiger partial charge in [0.1, 0.15) is 11.4 Å². The largest absolute Gasteiger partial charge is 0.441 e. The Bertz CT molecular complexity index is 497. The van der Waals surface area contributed by atoms with Gasteiger partial charge in [0.25, 0.3) is 0 Å². The van der Waals surface area contributed by atoms with E-state index in [1.54, 1.807) is 11.1 Å². The molecule has 0 radical (unpaired) electrons. The minimum atomic E-state index is -0.368. The van der Waals surface area contributed by atoms with Gasteiger partial charge in [0.2, 0.25) is 0 Å². The van der Waals surface area contributed by atoms with Crippen LogP contribution < -0.4 is 4.90 Å². The normalized spacial score (nSPS) is 29.5. The number of hydrogen-bond donors (Lipinski definition) is 1. The molecule has 106 valence electrons. The standard InChI is InChI=1S/C14H18N4O2/c15-17-9-11-4-6-14(7-5-11)10-18(13(19)20-14)12-3-1-2-8-16-12/h1-3,8,11,15H,4-7,9-10H2. The lowest BCUT2D eigenvalue weighted by Gasteiger charge is -2.34. The molecule has 1 aliphatic carbocycles. The molecule has 1 aromatic heterocycles. The van der Waals surface area contributed by atoms with Crippen LogP contribution in [-0.4, -0.2) is 29.8 Å². The molecule has 0 unspecified atom stereocenters. The number of amides is 1. The third-order valence-corrected chi connectivity index (χ3v) is 4.26. The van der Waals surface area contributed by atoms with Crippen molar-refractivity contribution < 1.29 is 9.53 Å². The first kappa shape index (κ1) is 13.0. The summed E-state index contributed by atoms with van der Waals surface area (Å²) in [7, 11) is 0. The summed E-state index contributed by atoms with van der Waals surface area (Å²) in [6, 6.07) is 5.52. The van der Waals surface area contributed by atoms with Gasteiger partial charge >= 0.3 is 6.09 Å². The zero-order chi connectivity index (χ0) is 14.0. The van der Waals surface area contributed by atoms with Gasteiger partial charge in [0.05, 0.1) is 13.1 Å². The third kappa shape index (κ3) is 2.37. The van der Waals surface area contributed by atoms with Gasteiger partial charge in [0.15, 0.2) is 0 Å². The molecule has 0 atom stereocenters. The first-order valence-corrected chi connectivity index (χ1v) is 6.97. The zero-order valence-electron chi connectivity index (χ0n) is 11.3. The second kappa shape index (κ2) is 5.19. The van der Waals surface area contributed by atoms with Crippen LogP contribution in [0.4, 0.5) is 10.6 Å². The molecule has 6 heteroatoms. The Morgan fingerprint density at radius 1 is 1.45 bits per heavy atom. The Morgan fingerprint density at radius 3 is 2.90 bits per heavy atom. The van der Waals surface area contributed by atoms with E-state index < -0.39 is 0 Å². The van der Waals surface area contributed by atoms with Crippen molar-refractivity contribution in [1.29, 1.82) is 5.53 Å². The van der Waals surface area contributed by atoms with Crippen molar-refractivity contribution in [3.63, 3.8) is 0 Å². The number of nitrogens with one attached hydrogen (secondary N) is 1. The minimum Gasteiger partial charge on any atom is -0.441 e. The van der Waals surface area contributed by atoms with Gasteiger partial charge in [-0.1, -0.05) is 6.07 Å². The Morgan fingerprint density at radius 2 is 2.25 bits per heavy atom. The summed E-state index contributed by atoms with van der Waals surface area (Å²) in [6.07, 6.45) is 5.01. The molecular weight excluding hydrogens is 256 g/mol. The number of carbonyl (C=O) groups excluding carboxylic acids is 1. The molecule has 3 rings (SSSR count). The average molecular weight is 274 g/mol. The molecule has 20 heavy (non-hydrogen) atoms. The summed E-state index contributed by atoms with van der Waals surface area (Å²) in [6.45, 7) is 1.17. The van der Waals surface area contributed by atoms with Crippen LogP contribution in [-0.2, 0) is 4.74 Å². The van der Waals surface area contributed by atoms with E-state index in [2.05, 4.69) is 10.1 Å². The molecular formula is C14H18N4O2. The molecule has 1 saturated heterocycles. The Hall–Kier alpha value is -1.98. The van der Waals surface area contributed by atoms with Gasteiger partial charge in [-0.15, -0.1) is 0 Å². The van der Waals surface area contributed by atoms with E-state index in [1.165, 1.54) is 0 Å². The summed E-state index contributed by atoms with van der Waals surface area (Å²) in [4.78, 5) is 17.9. The van der Waals surface area contributed by atoms with Crippen LogP contribution in [0, 0.1) is 11.4 Å². The fraction of sp³-hybridized carbons (Fsp3) is 0.571. The average Bonchev–Trinajstić information content (AvgIpc) is 2.80. The van der Waals surface area contributed by atoms with E-state index in [1.807, 2.05) is 18.2 Å². The monoisotopic (exact) mass is 274 g/mol. The van der Waals surface area contributed by atoms with Gasteiger partial charge in [0, 0.05) is 6.20 Å². The van der Waals surface area contributed by atoms with Crippen LogP contribution in [0.3, 0.4) is 0 Å². The molecule has 2 aliphatic rings. The van der Waals surface area contributed by atoms with Crippen molar-refractivity contribution in [3.05, 3.63) is 24.4 Å². The fourth-order valence-electron chi connectivity index (χ4n) is 3.09. The van der Waals surface area contributed by atoms with Gasteiger partial charge in [-0.25, -0.2) is 15.3 Å². The Balaban J connectivity index is 1.70. The van der Waals surface area contributed by atoms with Gasteiger partial charge in [-0.3, -0.25) is 4.90 Å². The van der Waals surface area contributed by atoms with Crippen LogP contribution in [0.25, 0.3) is 0 Å². The van der Waals surface area contributed by atoms with Crippen molar-refractivity contribution in [2.75, 3.05) is 18.0 Å². The Kier molecular flexibility index (Phi) is 3.38. The number of aromatic nitrogens is 1. The summed E-state index contributed by atoms with van der Waals surface area (Å²) >= 11 is 0. The van der Waals surface area contributed by atoms with Crippen molar-refractivity contribution in [2.24, 2.45) is 11.0 Å². The van der Waals surface area contributed by atoms with Crippen molar-refractivity contribution in [2.45, 2.75) is 31.3 Å². The number of carbonyl (C=O) groups is 1. The highest BCUT2D eigenvalue weighted by molar-refractivity contribution is 5.89. The van der Waals surface area contributed by atoms with Crippen LogP contribution in [0.15, 0.2) is 29.5 Å². The summed E-state index contributed by atoms with van der Waals surface area (Å²) < 4.78 is 5.65. The summed E-state index contributed by atoms with van der Waals surface area (Å²) in [5, 5.41) is 3.47. The first-order valence-electron chi connectivity index (χ1n) is 6.97. The zero-order valence-corrected chi connectivity index (χ0v) is 11.3. The van der Waals surface area contributed by atoms with Crippen LogP contribution in [0.2, 0.25) is 0 Å². The summed E-state index contributed by atoms with van der Waals surface area (Å²) in [5.74, 6) is 1.11. The molecule has 2 heterocycles. The highest BCUT2D eigenvalue weighted by Gasteiger charge is 2.47. The molecule has 0 bridgehead atoms. The van der Waals surface area contributed by atoms with E-state index in [-0.39, 0.29) is 11.7 Å². The second-order valence-corrected chi connectivity index (χ2v) is 5.61. The molecule has 6 nitrogen and oxygen atoms in total. The molecule has 1 N–H and O–H groups in total. The van der Waals surface area contributed by atoms with Crippen LogP contribution >= 0.6 is 0 Å². The summed E-state index contributed by atoms with van der Waals surface area (Å²) in [5.41, 5.74) is 6.57. The van der Waals surface area contributed by atoms with E-state index in [9.17, 15) is 4.79 Å². The van der Waals surface area contributed by atoms with E-state index in [0.717, 1.165) is 25.7 Å². The lowest BCUT2D eigenvalue weighted by molar-refractivity contribution is 0.0142. The topological polar surface area (TPSA) is 78.6 Å². The molecule has 1 spiro atoms. The number of rotatable bonds is 3. The predicted molar refractivity (Wildman–Crippen MR) is 72.8 cm³/mol. The third-order valence-electron chi connectivity index (χ3n) is 4.26. The Labute approximate surface area is 117 Å². The number of nitrogens with zero attached hydrogens (tertiary/aromatic N) is 3.